The first kappa shape index (κ1) is 14.4. The van der Waals surface area contributed by atoms with Gasteiger partial charge in [-0.1, -0.05) is 23.7 Å². The number of methoxy groups -OCH3 is 1. The highest BCUT2D eigenvalue weighted by Gasteiger charge is 2.24. The van der Waals surface area contributed by atoms with Crippen molar-refractivity contribution in [3.8, 4) is 5.75 Å². The molecule has 0 amide bonds. The topological polar surface area (TPSA) is 47.9 Å². The first-order valence-corrected chi connectivity index (χ1v) is 6.96. The van der Waals surface area contributed by atoms with Crippen molar-refractivity contribution in [1.82, 2.24) is 0 Å². The van der Waals surface area contributed by atoms with Gasteiger partial charge in [-0.05, 0) is 48.0 Å². The molecule has 0 saturated carbocycles. The molecule has 0 atom stereocenters. The van der Waals surface area contributed by atoms with Gasteiger partial charge in [-0.3, -0.25) is 0 Å². The van der Waals surface area contributed by atoms with Crippen molar-refractivity contribution in [3.63, 3.8) is 0 Å². The molecule has 2 aromatic carbocycles. The van der Waals surface area contributed by atoms with E-state index < -0.39 is 5.97 Å². The highest BCUT2D eigenvalue weighted by atomic mass is 35.5. The molecule has 1 aliphatic heterocycles. The summed E-state index contributed by atoms with van der Waals surface area (Å²) in [6.07, 6.45) is 1.66. The van der Waals surface area contributed by atoms with E-state index in [2.05, 4.69) is 4.99 Å². The Morgan fingerprint density at radius 1 is 1.09 bits per heavy atom. The molecule has 22 heavy (non-hydrogen) atoms. The third kappa shape index (κ3) is 3.02. The monoisotopic (exact) mass is 313 g/mol. The largest absolute Gasteiger partial charge is 0.497 e. The third-order valence-corrected chi connectivity index (χ3v) is 3.38. The molecule has 0 N–H and O–H groups in total. The summed E-state index contributed by atoms with van der Waals surface area (Å²) in [4.78, 5) is 16.1. The zero-order valence-electron chi connectivity index (χ0n) is 11.7. The number of hydrogen-bond donors (Lipinski definition) is 0. The molecule has 0 fully saturated rings. The number of rotatable bonds is 3. The van der Waals surface area contributed by atoms with Crippen LogP contribution in [0, 0.1) is 0 Å². The van der Waals surface area contributed by atoms with Gasteiger partial charge in [-0.25, -0.2) is 9.79 Å². The number of cyclic esters (lactones) is 1. The number of ether oxygens (including phenoxy) is 2. The van der Waals surface area contributed by atoms with Gasteiger partial charge in [0.1, 0.15) is 5.75 Å². The molecule has 0 aromatic heterocycles. The van der Waals surface area contributed by atoms with E-state index in [4.69, 9.17) is 21.1 Å². The van der Waals surface area contributed by atoms with E-state index >= 15 is 0 Å². The number of carbonyl (C=O) groups excluding carboxylic acids is 1. The molecular weight excluding hydrogens is 302 g/mol. The second kappa shape index (κ2) is 6.03. The maximum atomic E-state index is 11.9. The van der Waals surface area contributed by atoms with Crippen LogP contribution in [-0.2, 0) is 9.53 Å². The lowest BCUT2D eigenvalue weighted by Gasteiger charge is -2.01. The first-order chi connectivity index (χ1) is 10.7. The van der Waals surface area contributed by atoms with Crippen molar-refractivity contribution < 1.29 is 14.3 Å². The minimum Gasteiger partial charge on any atom is -0.497 e. The zero-order chi connectivity index (χ0) is 15.5. The van der Waals surface area contributed by atoms with Crippen molar-refractivity contribution in [3.05, 3.63) is 70.4 Å². The Labute approximate surface area is 132 Å². The Morgan fingerprint density at radius 2 is 1.77 bits per heavy atom. The van der Waals surface area contributed by atoms with Crippen LogP contribution in [0.3, 0.4) is 0 Å². The van der Waals surface area contributed by atoms with Crippen LogP contribution in [0.1, 0.15) is 11.1 Å². The van der Waals surface area contributed by atoms with Crippen LogP contribution in [0.15, 0.2) is 59.2 Å². The summed E-state index contributed by atoms with van der Waals surface area (Å²) in [6.45, 7) is 0. The highest BCUT2D eigenvalue weighted by molar-refractivity contribution is 6.30. The summed E-state index contributed by atoms with van der Waals surface area (Å²) in [7, 11) is 1.59. The second-order valence-electron chi connectivity index (χ2n) is 4.62. The smallest absolute Gasteiger partial charge is 0.363 e. The van der Waals surface area contributed by atoms with Crippen molar-refractivity contribution in [2.75, 3.05) is 7.11 Å². The fourth-order valence-corrected chi connectivity index (χ4v) is 2.11. The number of carbonyl (C=O) groups is 1. The van der Waals surface area contributed by atoms with Crippen LogP contribution in [0.4, 0.5) is 0 Å². The van der Waals surface area contributed by atoms with Crippen molar-refractivity contribution in [2.45, 2.75) is 0 Å². The normalized spacial score (nSPS) is 15.6. The van der Waals surface area contributed by atoms with E-state index in [1.807, 2.05) is 12.1 Å². The maximum absolute atomic E-state index is 11.9. The number of hydrogen-bond acceptors (Lipinski definition) is 4. The lowest BCUT2D eigenvalue weighted by atomic mass is 10.2. The molecule has 0 aliphatic carbocycles. The SMILES string of the molecule is COc1ccc(C2=NC(=Cc3ccc(Cl)cc3)C(=O)O2)cc1. The fraction of sp³-hybridized carbons (Fsp3) is 0.0588. The highest BCUT2D eigenvalue weighted by Crippen LogP contribution is 2.21. The number of esters is 1. The molecule has 110 valence electrons. The molecule has 1 aliphatic rings. The summed E-state index contributed by atoms with van der Waals surface area (Å²) in [5.41, 5.74) is 1.80. The molecule has 1 heterocycles. The Balaban J connectivity index is 1.88. The van der Waals surface area contributed by atoms with E-state index in [0.29, 0.717) is 10.6 Å². The van der Waals surface area contributed by atoms with E-state index in [9.17, 15) is 4.79 Å². The van der Waals surface area contributed by atoms with Crippen LogP contribution >= 0.6 is 11.6 Å². The molecule has 0 spiro atoms. The summed E-state index contributed by atoms with van der Waals surface area (Å²) in [5, 5.41) is 0.638. The van der Waals surface area contributed by atoms with Gasteiger partial charge in [-0.2, -0.15) is 0 Å². The average molecular weight is 314 g/mol. The third-order valence-electron chi connectivity index (χ3n) is 3.13. The molecule has 2 aromatic rings. The second-order valence-corrected chi connectivity index (χ2v) is 5.05. The van der Waals surface area contributed by atoms with Gasteiger partial charge in [0.15, 0.2) is 5.70 Å². The number of nitrogens with zero attached hydrogens (tertiary/aromatic N) is 1. The van der Waals surface area contributed by atoms with Crippen LogP contribution < -0.4 is 4.74 Å². The predicted octanol–water partition coefficient (Wildman–Crippen LogP) is 3.69. The van der Waals surface area contributed by atoms with Gasteiger partial charge in [0.25, 0.3) is 0 Å². The molecule has 0 unspecified atom stereocenters. The quantitative estimate of drug-likeness (QED) is 0.641. The molecule has 5 heteroatoms. The van der Waals surface area contributed by atoms with Crippen molar-refractivity contribution >= 4 is 29.5 Å². The summed E-state index contributed by atoms with van der Waals surface area (Å²) in [5.74, 6) is 0.541. The van der Waals surface area contributed by atoms with E-state index in [-0.39, 0.29) is 11.6 Å². The van der Waals surface area contributed by atoms with Crippen LogP contribution in [-0.4, -0.2) is 19.0 Å². The molecule has 3 rings (SSSR count). The fourth-order valence-electron chi connectivity index (χ4n) is 1.98. The Hall–Kier alpha value is -2.59. The maximum Gasteiger partial charge on any atom is 0.363 e. The van der Waals surface area contributed by atoms with Gasteiger partial charge < -0.3 is 9.47 Å². The van der Waals surface area contributed by atoms with Crippen LogP contribution in [0.2, 0.25) is 5.02 Å². The Kier molecular flexibility index (Phi) is 3.94. The van der Waals surface area contributed by atoms with Gasteiger partial charge in [0, 0.05) is 10.6 Å². The molecule has 0 saturated heterocycles. The predicted molar refractivity (Wildman–Crippen MR) is 85.1 cm³/mol. The van der Waals surface area contributed by atoms with Crippen molar-refractivity contribution in [1.29, 1.82) is 0 Å². The molecular formula is C17H12ClNO3. The van der Waals surface area contributed by atoms with Gasteiger partial charge >= 0.3 is 5.97 Å². The molecule has 4 nitrogen and oxygen atoms in total. The molecule has 0 bridgehead atoms. The molecule has 0 radical (unpaired) electrons. The summed E-state index contributed by atoms with van der Waals surface area (Å²) < 4.78 is 10.3. The van der Waals surface area contributed by atoms with Gasteiger partial charge in [-0.15, -0.1) is 0 Å². The van der Waals surface area contributed by atoms with E-state index in [0.717, 1.165) is 11.3 Å². The lowest BCUT2D eigenvalue weighted by molar-refractivity contribution is -0.129. The van der Waals surface area contributed by atoms with Crippen LogP contribution in [0.25, 0.3) is 6.08 Å². The number of benzene rings is 2. The number of halogens is 1. The Morgan fingerprint density at radius 3 is 2.41 bits per heavy atom. The summed E-state index contributed by atoms with van der Waals surface area (Å²) >= 11 is 5.83. The Bertz CT molecular complexity index is 761. The summed E-state index contributed by atoms with van der Waals surface area (Å²) in [6, 6.07) is 14.3. The minimum absolute atomic E-state index is 0.258. The van der Waals surface area contributed by atoms with Crippen LogP contribution in [0.5, 0.6) is 5.75 Å². The lowest BCUT2D eigenvalue weighted by Crippen LogP contribution is -2.05. The number of aliphatic imine (C=N–C) groups is 1. The van der Waals surface area contributed by atoms with Crippen molar-refractivity contribution in [2.24, 2.45) is 4.99 Å². The van der Waals surface area contributed by atoms with E-state index in [1.165, 1.54) is 0 Å². The van der Waals surface area contributed by atoms with Gasteiger partial charge in [0.05, 0.1) is 7.11 Å². The average Bonchev–Trinajstić information content (AvgIpc) is 2.91. The van der Waals surface area contributed by atoms with Gasteiger partial charge in [0.2, 0.25) is 5.90 Å². The standard InChI is InChI=1S/C17H12ClNO3/c1-21-14-8-4-12(5-9-14)16-19-15(17(20)22-16)10-11-2-6-13(18)7-3-11/h2-10H,1H3. The van der Waals surface area contributed by atoms with E-state index in [1.54, 1.807) is 49.6 Å². The minimum atomic E-state index is -0.472. The first-order valence-electron chi connectivity index (χ1n) is 6.58. The zero-order valence-corrected chi connectivity index (χ0v) is 12.5.